The molecule has 2 aliphatic rings. The molecule has 0 spiro atoms. The minimum absolute atomic E-state index is 0.0372. The Morgan fingerprint density at radius 1 is 0.950 bits per heavy atom. The number of carbonyl (C=O) groups excluding carboxylic acids is 3. The summed E-state index contributed by atoms with van der Waals surface area (Å²) in [4.78, 5) is 44.2. The number of urea groups is 1. The van der Waals surface area contributed by atoms with E-state index in [0.29, 0.717) is 6.54 Å². The Labute approximate surface area is 233 Å². The maximum atomic E-state index is 13.9. The minimum Gasteiger partial charge on any atom is -0.508 e. The van der Waals surface area contributed by atoms with Gasteiger partial charge in [0.25, 0.3) is 0 Å². The number of fused-ring (bicyclic) bond motifs is 1. The van der Waals surface area contributed by atoms with Gasteiger partial charge in [0.05, 0.1) is 20.2 Å². The van der Waals surface area contributed by atoms with Gasteiger partial charge in [0.1, 0.15) is 23.7 Å². The van der Waals surface area contributed by atoms with Crippen molar-refractivity contribution in [3.05, 3.63) is 95.6 Å². The summed E-state index contributed by atoms with van der Waals surface area (Å²) in [7, 11) is 3.30. The predicted molar refractivity (Wildman–Crippen MR) is 148 cm³/mol. The first-order chi connectivity index (χ1) is 19.3. The Morgan fingerprint density at radius 3 is 2.30 bits per heavy atom. The quantitative estimate of drug-likeness (QED) is 0.475. The van der Waals surface area contributed by atoms with E-state index < -0.39 is 12.2 Å². The first-order valence-electron chi connectivity index (χ1n) is 13.2. The van der Waals surface area contributed by atoms with Gasteiger partial charge in [0, 0.05) is 26.6 Å². The van der Waals surface area contributed by atoms with Crippen LogP contribution in [-0.2, 0) is 29.1 Å². The van der Waals surface area contributed by atoms with E-state index in [-0.39, 0.29) is 49.7 Å². The molecule has 2 saturated heterocycles. The summed E-state index contributed by atoms with van der Waals surface area (Å²) in [5.74, 6) is 0.454. The molecule has 0 unspecified atom stereocenters. The number of carbonyl (C=O) groups is 3. The molecule has 2 heterocycles. The summed E-state index contributed by atoms with van der Waals surface area (Å²) in [6.07, 6.45) is -0.428. The number of rotatable bonds is 7. The topological polar surface area (TPSA) is 106 Å². The van der Waals surface area contributed by atoms with Crippen LogP contribution in [0, 0.1) is 0 Å². The normalized spacial score (nSPS) is 19.4. The third-order valence-electron chi connectivity index (χ3n) is 7.33. The molecular weight excluding hydrogens is 510 g/mol. The van der Waals surface area contributed by atoms with Gasteiger partial charge >= 0.3 is 6.03 Å². The molecule has 3 aromatic rings. The van der Waals surface area contributed by atoms with Gasteiger partial charge < -0.3 is 25.0 Å². The van der Waals surface area contributed by atoms with Crippen molar-refractivity contribution < 1.29 is 24.2 Å². The van der Waals surface area contributed by atoms with Crippen molar-refractivity contribution in [1.29, 1.82) is 0 Å². The van der Waals surface area contributed by atoms with E-state index in [1.165, 1.54) is 0 Å². The van der Waals surface area contributed by atoms with Gasteiger partial charge in [0.2, 0.25) is 11.8 Å². The zero-order valence-corrected chi connectivity index (χ0v) is 22.6. The van der Waals surface area contributed by atoms with Crippen molar-refractivity contribution in [2.24, 2.45) is 0 Å². The SMILES string of the molecule is COc1ccc(CNC(=O)N2[C@H]3CN(Cc4ccccc4)C(=O)[C@H](Cc4ccc(O)cc4)N3C(=O)CN2C)cc1. The Bertz CT molecular complexity index is 1350. The Morgan fingerprint density at radius 2 is 1.62 bits per heavy atom. The van der Waals surface area contributed by atoms with Gasteiger partial charge in [-0.3, -0.25) is 9.59 Å². The second kappa shape index (κ2) is 11.7. The van der Waals surface area contributed by atoms with Crippen molar-refractivity contribution in [2.45, 2.75) is 31.7 Å². The summed E-state index contributed by atoms with van der Waals surface area (Å²) in [6.45, 7) is 0.781. The number of hydrazine groups is 1. The van der Waals surface area contributed by atoms with Crippen LogP contribution in [0.15, 0.2) is 78.9 Å². The third kappa shape index (κ3) is 5.72. The van der Waals surface area contributed by atoms with E-state index in [0.717, 1.165) is 22.4 Å². The number of nitrogens with one attached hydrogen (secondary N) is 1. The summed E-state index contributed by atoms with van der Waals surface area (Å²) >= 11 is 0. The van der Waals surface area contributed by atoms with Gasteiger partial charge in [-0.1, -0.05) is 54.6 Å². The van der Waals surface area contributed by atoms with Crippen molar-refractivity contribution >= 4 is 17.8 Å². The fraction of sp³-hybridized carbons (Fsp3) is 0.300. The van der Waals surface area contributed by atoms with Crippen LogP contribution in [0.1, 0.15) is 16.7 Å². The molecule has 40 heavy (non-hydrogen) atoms. The van der Waals surface area contributed by atoms with Crippen LogP contribution in [-0.4, -0.2) is 82.2 Å². The molecular formula is C30H33N5O5. The number of ether oxygens (including phenoxy) is 1. The molecule has 2 aliphatic heterocycles. The third-order valence-corrected chi connectivity index (χ3v) is 7.33. The molecule has 10 nitrogen and oxygen atoms in total. The first-order valence-corrected chi connectivity index (χ1v) is 13.2. The van der Waals surface area contributed by atoms with E-state index in [1.54, 1.807) is 58.2 Å². The van der Waals surface area contributed by atoms with Crippen LogP contribution >= 0.6 is 0 Å². The Balaban J connectivity index is 1.42. The Kier molecular flexibility index (Phi) is 7.88. The van der Waals surface area contributed by atoms with Gasteiger partial charge in [-0.15, -0.1) is 0 Å². The zero-order valence-electron chi connectivity index (χ0n) is 22.6. The number of phenolic OH excluding ortho intramolecular Hbond substituents is 1. The van der Waals surface area contributed by atoms with Crippen LogP contribution in [0.2, 0.25) is 0 Å². The molecule has 5 rings (SSSR count). The van der Waals surface area contributed by atoms with Gasteiger partial charge in [-0.05, 0) is 41.0 Å². The second-order valence-electron chi connectivity index (χ2n) is 10.0. The highest BCUT2D eigenvalue weighted by Crippen LogP contribution is 2.29. The highest BCUT2D eigenvalue weighted by Gasteiger charge is 2.50. The monoisotopic (exact) mass is 543 g/mol. The highest BCUT2D eigenvalue weighted by atomic mass is 16.5. The van der Waals surface area contributed by atoms with E-state index in [9.17, 15) is 19.5 Å². The fourth-order valence-corrected chi connectivity index (χ4v) is 5.31. The highest BCUT2D eigenvalue weighted by molar-refractivity contribution is 5.91. The smallest absolute Gasteiger partial charge is 0.334 e. The molecule has 208 valence electrons. The van der Waals surface area contributed by atoms with Gasteiger partial charge in [-0.25, -0.2) is 14.8 Å². The molecule has 2 fully saturated rings. The molecule has 4 amide bonds. The second-order valence-corrected chi connectivity index (χ2v) is 10.0. The number of aromatic hydroxyl groups is 1. The molecule has 0 radical (unpaired) electrons. The van der Waals surface area contributed by atoms with Crippen LogP contribution in [0.25, 0.3) is 0 Å². The van der Waals surface area contributed by atoms with Crippen molar-refractivity contribution in [2.75, 3.05) is 27.2 Å². The maximum absolute atomic E-state index is 13.9. The number of nitrogens with zero attached hydrogens (tertiary/aromatic N) is 4. The fourth-order valence-electron chi connectivity index (χ4n) is 5.31. The minimum atomic E-state index is -0.801. The van der Waals surface area contributed by atoms with E-state index in [2.05, 4.69) is 5.32 Å². The Hall–Kier alpha value is -4.57. The lowest BCUT2D eigenvalue weighted by molar-refractivity contribution is -0.187. The van der Waals surface area contributed by atoms with Crippen molar-refractivity contribution in [3.63, 3.8) is 0 Å². The first kappa shape index (κ1) is 27.0. The summed E-state index contributed by atoms with van der Waals surface area (Å²) < 4.78 is 5.21. The van der Waals surface area contributed by atoms with E-state index in [4.69, 9.17) is 4.74 Å². The van der Waals surface area contributed by atoms with Crippen LogP contribution in [0.3, 0.4) is 0 Å². The van der Waals surface area contributed by atoms with E-state index >= 15 is 0 Å². The number of piperazine rings is 1. The molecule has 3 aromatic carbocycles. The number of amides is 4. The van der Waals surface area contributed by atoms with Crippen LogP contribution < -0.4 is 10.1 Å². The maximum Gasteiger partial charge on any atom is 0.334 e. The summed E-state index contributed by atoms with van der Waals surface area (Å²) in [5, 5.41) is 15.9. The molecule has 2 atom stereocenters. The number of hydrogen-bond acceptors (Lipinski definition) is 6. The molecule has 0 aromatic heterocycles. The molecule has 2 N–H and O–H groups in total. The van der Waals surface area contributed by atoms with Crippen molar-refractivity contribution in [3.8, 4) is 11.5 Å². The zero-order chi connectivity index (χ0) is 28.2. The standard InChI is InChI=1S/C30H33N5O5/c1-32-20-28(37)34-26(16-21-8-12-24(36)13-9-21)29(38)33(18-23-6-4-3-5-7-23)19-27(34)35(32)30(39)31-17-22-10-14-25(40-2)15-11-22/h3-15,26-27,36H,16-20H2,1-2H3,(H,31,39)/t26-,27-/m0/s1. The molecule has 0 bridgehead atoms. The molecule has 10 heteroatoms. The van der Waals surface area contributed by atoms with Crippen LogP contribution in [0.4, 0.5) is 4.79 Å². The number of hydrogen-bond donors (Lipinski definition) is 2. The summed E-state index contributed by atoms with van der Waals surface area (Å²) in [5.41, 5.74) is 2.66. The number of benzene rings is 3. The molecule has 0 saturated carbocycles. The van der Waals surface area contributed by atoms with E-state index in [1.807, 2.05) is 54.6 Å². The largest absolute Gasteiger partial charge is 0.508 e. The average Bonchev–Trinajstić information content (AvgIpc) is 2.96. The lowest BCUT2D eigenvalue weighted by Crippen LogP contribution is -2.76. The number of phenols is 1. The van der Waals surface area contributed by atoms with Gasteiger partial charge in [-0.2, -0.15) is 0 Å². The molecule has 0 aliphatic carbocycles. The van der Waals surface area contributed by atoms with Gasteiger partial charge in [0.15, 0.2) is 0 Å². The average molecular weight is 544 g/mol. The summed E-state index contributed by atoms with van der Waals surface area (Å²) in [6, 6.07) is 22.5. The number of methoxy groups -OCH3 is 1. The van der Waals surface area contributed by atoms with Crippen LogP contribution in [0.5, 0.6) is 11.5 Å². The lowest BCUT2D eigenvalue weighted by atomic mass is 9.98. The van der Waals surface area contributed by atoms with Crippen molar-refractivity contribution in [1.82, 2.24) is 25.1 Å². The number of likely N-dealkylation sites (N-methyl/N-ethyl adjacent to an activating group) is 1. The predicted octanol–water partition coefficient (Wildman–Crippen LogP) is 2.58. The lowest BCUT2D eigenvalue weighted by Gasteiger charge is -2.54.